The number of carboxylic acids is 1. The van der Waals surface area contributed by atoms with Gasteiger partial charge < -0.3 is 5.11 Å². The van der Waals surface area contributed by atoms with E-state index in [1.54, 1.807) is 6.07 Å². The maximum Gasteiger partial charge on any atom is 0.335 e. The SMILES string of the molecule is Cc1sc(CN2CCc3c(cccc3C(=O)O)C2)cc1Br. The Balaban J connectivity index is 1.78. The minimum Gasteiger partial charge on any atom is -0.478 e. The van der Waals surface area contributed by atoms with Crippen molar-refractivity contribution >= 4 is 33.2 Å². The summed E-state index contributed by atoms with van der Waals surface area (Å²) in [5.41, 5.74) is 2.61. The summed E-state index contributed by atoms with van der Waals surface area (Å²) in [5, 5.41) is 9.26. The summed E-state index contributed by atoms with van der Waals surface area (Å²) >= 11 is 5.37. The van der Waals surface area contributed by atoms with Crippen LogP contribution in [0.25, 0.3) is 0 Å². The second-order valence-electron chi connectivity index (χ2n) is 5.33. The van der Waals surface area contributed by atoms with E-state index >= 15 is 0 Å². The molecular weight excluding hydrogens is 350 g/mol. The Hall–Kier alpha value is -1.17. The van der Waals surface area contributed by atoms with Crippen molar-refractivity contribution in [2.75, 3.05) is 6.54 Å². The summed E-state index contributed by atoms with van der Waals surface area (Å²) in [6, 6.07) is 7.78. The number of aromatic carboxylic acids is 1. The van der Waals surface area contributed by atoms with Crippen LogP contribution in [0.1, 0.15) is 31.2 Å². The predicted octanol–water partition coefficient (Wildman–Crippen LogP) is 4.08. The Bertz CT molecular complexity index is 676. The maximum atomic E-state index is 11.3. The van der Waals surface area contributed by atoms with Gasteiger partial charge in [-0.3, -0.25) is 4.90 Å². The molecule has 1 aliphatic heterocycles. The number of nitrogens with zero attached hydrogens (tertiary/aromatic N) is 1. The van der Waals surface area contributed by atoms with E-state index in [9.17, 15) is 9.90 Å². The molecule has 5 heteroatoms. The molecule has 0 spiro atoms. The third kappa shape index (κ3) is 3.05. The average molecular weight is 366 g/mol. The molecule has 1 N–H and O–H groups in total. The molecule has 1 aromatic heterocycles. The van der Waals surface area contributed by atoms with Crippen molar-refractivity contribution in [3.8, 4) is 0 Å². The smallest absolute Gasteiger partial charge is 0.335 e. The molecule has 21 heavy (non-hydrogen) atoms. The number of fused-ring (bicyclic) bond motifs is 1. The van der Waals surface area contributed by atoms with Gasteiger partial charge in [0.15, 0.2) is 0 Å². The van der Waals surface area contributed by atoms with Crippen molar-refractivity contribution in [3.63, 3.8) is 0 Å². The molecule has 3 nitrogen and oxygen atoms in total. The number of halogens is 1. The van der Waals surface area contributed by atoms with Gasteiger partial charge in [-0.1, -0.05) is 12.1 Å². The van der Waals surface area contributed by atoms with Crippen molar-refractivity contribution < 1.29 is 9.90 Å². The molecule has 0 radical (unpaired) electrons. The molecule has 2 aromatic rings. The third-order valence-electron chi connectivity index (χ3n) is 3.86. The minimum atomic E-state index is -0.821. The van der Waals surface area contributed by atoms with Crippen LogP contribution in [-0.4, -0.2) is 22.5 Å². The molecular formula is C16H16BrNO2S. The lowest BCUT2D eigenvalue weighted by Gasteiger charge is -2.29. The predicted molar refractivity (Wildman–Crippen MR) is 88.0 cm³/mol. The zero-order valence-electron chi connectivity index (χ0n) is 11.7. The molecule has 0 unspecified atom stereocenters. The van der Waals surface area contributed by atoms with E-state index < -0.39 is 5.97 Å². The molecule has 2 heterocycles. The number of hydrogen-bond acceptors (Lipinski definition) is 3. The van der Waals surface area contributed by atoms with E-state index in [2.05, 4.69) is 33.8 Å². The highest BCUT2D eigenvalue weighted by Crippen LogP contribution is 2.29. The minimum absolute atomic E-state index is 0.460. The molecule has 110 valence electrons. The molecule has 1 aromatic carbocycles. The summed E-state index contributed by atoms with van der Waals surface area (Å²) < 4.78 is 1.17. The van der Waals surface area contributed by atoms with Gasteiger partial charge in [0.25, 0.3) is 0 Å². The summed E-state index contributed by atoms with van der Waals surface area (Å²) in [6.07, 6.45) is 0.809. The first-order chi connectivity index (χ1) is 10.0. The van der Waals surface area contributed by atoms with Crippen LogP contribution in [0.4, 0.5) is 0 Å². The van der Waals surface area contributed by atoms with Gasteiger partial charge in [0, 0.05) is 33.9 Å². The Kier molecular flexibility index (Phi) is 4.15. The van der Waals surface area contributed by atoms with E-state index in [1.165, 1.54) is 14.2 Å². The molecule has 3 rings (SSSR count). The first-order valence-electron chi connectivity index (χ1n) is 6.86. The van der Waals surface area contributed by atoms with Crippen LogP contribution in [0, 0.1) is 6.92 Å². The van der Waals surface area contributed by atoms with Crippen LogP contribution in [0.2, 0.25) is 0 Å². The van der Waals surface area contributed by atoms with E-state index in [-0.39, 0.29) is 0 Å². The van der Waals surface area contributed by atoms with Gasteiger partial charge in [-0.2, -0.15) is 0 Å². The lowest BCUT2D eigenvalue weighted by Crippen LogP contribution is -2.30. The van der Waals surface area contributed by atoms with Gasteiger partial charge in [0.2, 0.25) is 0 Å². The van der Waals surface area contributed by atoms with E-state index in [0.29, 0.717) is 5.56 Å². The zero-order chi connectivity index (χ0) is 15.0. The first-order valence-corrected chi connectivity index (χ1v) is 8.47. The third-order valence-corrected chi connectivity index (χ3v) is 5.98. The quantitative estimate of drug-likeness (QED) is 0.890. The highest BCUT2D eigenvalue weighted by atomic mass is 79.9. The molecule has 0 amide bonds. The number of thiophene rings is 1. The largest absolute Gasteiger partial charge is 0.478 e. The molecule has 0 bridgehead atoms. The Morgan fingerprint density at radius 3 is 2.95 bits per heavy atom. The standard InChI is InChI=1S/C16H16BrNO2S/c1-10-15(17)7-12(21-10)9-18-6-5-13-11(8-18)3-2-4-14(13)16(19)20/h2-4,7H,5-6,8-9H2,1H3,(H,19,20). The van der Waals surface area contributed by atoms with Gasteiger partial charge in [0.05, 0.1) is 5.56 Å². The van der Waals surface area contributed by atoms with Gasteiger partial charge >= 0.3 is 5.97 Å². The number of aryl methyl sites for hydroxylation is 1. The van der Waals surface area contributed by atoms with Gasteiger partial charge in [-0.25, -0.2) is 4.79 Å². The Morgan fingerprint density at radius 2 is 2.29 bits per heavy atom. The lowest BCUT2D eigenvalue weighted by atomic mass is 9.94. The van der Waals surface area contributed by atoms with Gasteiger partial charge in [0.1, 0.15) is 0 Å². The summed E-state index contributed by atoms with van der Waals surface area (Å²) in [5.74, 6) is -0.821. The van der Waals surface area contributed by atoms with E-state index in [0.717, 1.165) is 37.2 Å². The van der Waals surface area contributed by atoms with Crippen LogP contribution in [0.5, 0.6) is 0 Å². The van der Waals surface area contributed by atoms with Crippen molar-refractivity contribution in [2.45, 2.75) is 26.4 Å². The van der Waals surface area contributed by atoms with E-state index in [1.807, 2.05) is 23.5 Å². The summed E-state index contributed by atoms with van der Waals surface area (Å²) in [6.45, 7) is 4.77. The first kappa shape index (κ1) is 14.8. The average Bonchev–Trinajstić information content (AvgIpc) is 2.76. The molecule has 0 aliphatic carbocycles. The fourth-order valence-corrected chi connectivity index (χ4v) is 4.46. The lowest BCUT2D eigenvalue weighted by molar-refractivity contribution is 0.0694. The Morgan fingerprint density at radius 1 is 1.48 bits per heavy atom. The van der Waals surface area contributed by atoms with Gasteiger partial charge in [-0.15, -0.1) is 11.3 Å². The van der Waals surface area contributed by atoms with Crippen LogP contribution in [0.3, 0.4) is 0 Å². The summed E-state index contributed by atoms with van der Waals surface area (Å²) in [7, 11) is 0. The van der Waals surface area contributed by atoms with Crippen LogP contribution < -0.4 is 0 Å². The normalized spacial score (nSPS) is 15.0. The number of carboxylic acid groups (broad SMARTS) is 1. The van der Waals surface area contributed by atoms with Crippen molar-refractivity contribution in [3.05, 3.63) is 55.2 Å². The summed E-state index contributed by atoms with van der Waals surface area (Å²) in [4.78, 5) is 16.3. The van der Waals surface area contributed by atoms with Crippen molar-refractivity contribution in [2.24, 2.45) is 0 Å². The maximum absolute atomic E-state index is 11.3. The zero-order valence-corrected chi connectivity index (χ0v) is 14.1. The molecule has 0 atom stereocenters. The Labute approximate surface area is 136 Å². The second kappa shape index (κ2) is 5.91. The number of rotatable bonds is 3. The van der Waals surface area contributed by atoms with Crippen molar-refractivity contribution in [1.29, 1.82) is 0 Å². The monoisotopic (exact) mass is 365 g/mol. The number of benzene rings is 1. The van der Waals surface area contributed by atoms with Crippen LogP contribution in [-0.2, 0) is 19.5 Å². The topological polar surface area (TPSA) is 40.5 Å². The molecule has 0 saturated heterocycles. The number of hydrogen-bond donors (Lipinski definition) is 1. The second-order valence-corrected chi connectivity index (χ2v) is 7.52. The van der Waals surface area contributed by atoms with Gasteiger partial charge in [-0.05, 0) is 52.5 Å². The van der Waals surface area contributed by atoms with Crippen molar-refractivity contribution in [1.82, 2.24) is 4.90 Å². The van der Waals surface area contributed by atoms with Crippen LogP contribution >= 0.6 is 27.3 Å². The fraction of sp³-hybridized carbons (Fsp3) is 0.312. The highest BCUT2D eigenvalue weighted by Gasteiger charge is 2.21. The number of carbonyl (C=O) groups is 1. The van der Waals surface area contributed by atoms with E-state index in [4.69, 9.17) is 0 Å². The fourth-order valence-electron chi connectivity index (χ4n) is 2.82. The van der Waals surface area contributed by atoms with Crippen LogP contribution in [0.15, 0.2) is 28.7 Å². The molecule has 0 fully saturated rings. The molecule has 1 aliphatic rings. The molecule has 0 saturated carbocycles. The highest BCUT2D eigenvalue weighted by molar-refractivity contribution is 9.10.